The van der Waals surface area contributed by atoms with Gasteiger partial charge in [-0.05, 0) is 49.1 Å². The third-order valence-electron chi connectivity index (χ3n) is 13.0. The van der Waals surface area contributed by atoms with Crippen molar-refractivity contribution >= 4 is 183 Å². The first-order chi connectivity index (χ1) is 38.6. The molecule has 5 heterocycles. The van der Waals surface area contributed by atoms with Gasteiger partial charge in [0.2, 0.25) is 5.75 Å². The predicted octanol–water partition coefficient (Wildman–Crippen LogP) is 20.0. The molecule has 5 aromatic carbocycles. The van der Waals surface area contributed by atoms with Crippen molar-refractivity contribution in [1.82, 2.24) is 39.9 Å². The van der Waals surface area contributed by atoms with Gasteiger partial charge >= 0.3 is 19.5 Å². The summed E-state index contributed by atoms with van der Waals surface area (Å²) in [4.78, 5) is 40.1. The number of aromatic nitrogens is 8. The van der Waals surface area contributed by atoms with Gasteiger partial charge in [0.15, 0.2) is 34.5 Å². The number of halogens is 12. The van der Waals surface area contributed by atoms with Crippen LogP contribution in [0.2, 0.25) is 60.3 Å². The minimum Gasteiger partial charge on any atom is -0.493 e. The van der Waals surface area contributed by atoms with Crippen LogP contribution in [-0.4, -0.2) is 63.9 Å². The summed E-state index contributed by atoms with van der Waals surface area (Å²) in [6, 6.07) is 5.03. The number of benzene rings is 5. The van der Waals surface area contributed by atoms with Gasteiger partial charge in [-0.3, -0.25) is 0 Å². The molecule has 0 aliphatic carbocycles. The normalized spacial score (nSPS) is 11.9. The topological polar surface area (TPSA) is 161 Å². The SMILES string of the molecule is COc1cccc(OC)c1Oc1c(Cl)c(Cl)c2c3nc4nc(nc5[n-]c(nc6nc(nc([n-]3)c2c1Cl)-c1c(Cl)c(OCCC(C)C)c(Cl)c(Cl)c1-6)c1c(Cl)c(OCCC(C)C)c(Cl)c(Cl)c51)-c1c(Cl)c(OCCC(C)C)c(Cl)c(Cl)c1-4.[Zn+2]. The summed E-state index contributed by atoms with van der Waals surface area (Å²) in [6.07, 6.45) is 1.95. The van der Waals surface area contributed by atoms with E-state index in [0.29, 0.717) is 19.3 Å². The molecule has 8 aromatic rings. The first kappa shape index (κ1) is 62.9. The molecule has 0 spiro atoms. The monoisotopic (exact) mass is 1390 g/mol. The largest absolute Gasteiger partial charge is 2.00 e. The summed E-state index contributed by atoms with van der Waals surface area (Å²) in [7, 11) is 2.92. The summed E-state index contributed by atoms with van der Waals surface area (Å²) < 4.78 is 36.5. The quantitative estimate of drug-likeness (QED) is 0.0664. The molecule has 0 radical (unpaired) electrons. The van der Waals surface area contributed by atoms with Crippen LogP contribution in [0, 0.1) is 17.8 Å². The average Bonchev–Trinajstić information content (AvgIpc) is 4.27. The van der Waals surface area contributed by atoms with Gasteiger partial charge < -0.3 is 58.3 Å². The molecule has 0 saturated carbocycles. The van der Waals surface area contributed by atoms with E-state index in [1.807, 2.05) is 41.5 Å². The molecule has 3 aromatic heterocycles. The summed E-state index contributed by atoms with van der Waals surface area (Å²) in [5.74, 6) is 1.11. The second kappa shape index (κ2) is 25.4. The van der Waals surface area contributed by atoms with Crippen molar-refractivity contribution in [2.45, 2.75) is 60.8 Å². The van der Waals surface area contributed by atoms with E-state index in [2.05, 4.69) is 0 Å². The molecular formula is C55H42Cl12N8O6Zn. The molecule has 0 amide bonds. The van der Waals surface area contributed by atoms with Crippen LogP contribution in [0.1, 0.15) is 60.8 Å². The van der Waals surface area contributed by atoms with E-state index in [-0.39, 0.29) is 247 Å². The number of methoxy groups -OCH3 is 2. The van der Waals surface area contributed by atoms with Gasteiger partial charge in [0.05, 0.1) is 97.5 Å². The fraction of sp³-hybridized carbons (Fsp3) is 0.309. The van der Waals surface area contributed by atoms with Crippen molar-refractivity contribution in [2.75, 3.05) is 34.0 Å². The molecular weight excluding hydrogens is 1360 g/mol. The van der Waals surface area contributed by atoms with Crippen LogP contribution < -0.4 is 38.4 Å². The van der Waals surface area contributed by atoms with E-state index in [9.17, 15) is 0 Å². The van der Waals surface area contributed by atoms with Crippen LogP contribution in [0.4, 0.5) is 0 Å². The van der Waals surface area contributed by atoms with Gasteiger partial charge in [-0.2, -0.15) is 0 Å². The molecule has 10 rings (SSSR count). The third-order valence-corrected chi connectivity index (χ3v) is 17.8. The Balaban J connectivity index is 0.00000810. The molecule has 8 bridgehead atoms. The Labute approximate surface area is 543 Å². The number of rotatable bonds is 16. The first-order valence-electron chi connectivity index (χ1n) is 24.9. The molecule has 82 heavy (non-hydrogen) atoms. The zero-order valence-corrected chi connectivity index (χ0v) is 56.5. The van der Waals surface area contributed by atoms with Crippen molar-refractivity contribution < 1.29 is 47.9 Å². The molecule has 0 saturated heterocycles. The van der Waals surface area contributed by atoms with E-state index >= 15 is 0 Å². The number of ether oxygens (including phenoxy) is 6. The molecule has 14 nitrogen and oxygen atoms in total. The Morgan fingerprint density at radius 1 is 0.366 bits per heavy atom. The van der Waals surface area contributed by atoms with Crippen LogP contribution in [0.5, 0.6) is 40.2 Å². The average molecular weight is 1400 g/mol. The molecule has 2 aliphatic heterocycles. The minimum atomic E-state index is -0.162. The number of fused-ring (bicyclic) bond motifs is 20. The second-order valence-corrected chi connectivity index (χ2v) is 24.3. The Morgan fingerprint density at radius 2 is 0.659 bits per heavy atom. The van der Waals surface area contributed by atoms with Gasteiger partial charge in [0.1, 0.15) is 20.1 Å². The number of para-hydroxylation sites is 1. The van der Waals surface area contributed by atoms with Crippen molar-refractivity contribution in [3.05, 3.63) is 78.5 Å². The van der Waals surface area contributed by atoms with Gasteiger partial charge in [0, 0.05) is 66.4 Å². The van der Waals surface area contributed by atoms with E-state index in [0.717, 1.165) is 0 Å². The smallest absolute Gasteiger partial charge is 0.493 e. The maximum absolute atomic E-state index is 7.49. The fourth-order valence-electron chi connectivity index (χ4n) is 8.81. The molecule has 2 aliphatic rings. The zero-order chi connectivity index (χ0) is 58.2. The van der Waals surface area contributed by atoms with E-state index in [1.54, 1.807) is 18.2 Å². The first-order valence-corrected chi connectivity index (χ1v) is 29.4. The molecule has 27 heteroatoms. The van der Waals surface area contributed by atoms with Crippen molar-refractivity contribution in [2.24, 2.45) is 17.8 Å². The van der Waals surface area contributed by atoms with Crippen LogP contribution in [0.15, 0.2) is 18.2 Å². The standard InChI is InChI=1S/C55H42Cl12N8O6.Zn/c1-18(2)12-15-78-44-35(60)27-23(31(56)39(44)64)48-68-51-26-30(38(63)47(42(67)34(26)59)81-43-21(76-7)10-9-11-22(43)77-8)55(74-51)75-54-29-25(33(58)41(66)46(37(29)62)80-17-14-20(5)6)50(73-54)72-53-28-24(49(71-53)70-52(27)69-48)32(57)40(65)45(36(28)61)79-16-13-19(3)4;/h9-11,18-20H,12-17H2,1-8H3;/q-2;+2. The zero-order valence-electron chi connectivity index (χ0n) is 44.5. The molecule has 0 atom stereocenters. The minimum absolute atomic E-state index is 0. The fourth-order valence-corrected chi connectivity index (χ4v) is 12.3. The molecule has 0 fully saturated rings. The Morgan fingerprint density at radius 3 is 1.00 bits per heavy atom. The summed E-state index contributed by atoms with van der Waals surface area (Å²) in [6.45, 7) is 13.0. The predicted molar refractivity (Wildman–Crippen MR) is 329 cm³/mol. The maximum Gasteiger partial charge on any atom is 2.00 e. The van der Waals surface area contributed by atoms with E-state index in [4.69, 9.17) is 208 Å². The Hall–Kier alpha value is -3.64. The number of hydrogen-bond acceptors (Lipinski definition) is 12. The van der Waals surface area contributed by atoms with Gasteiger partial charge in [-0.25, -0.2) is 9.97 Å². The molecule has 0 N–H and O–H groups in total. The number of hydrogen-bond donors (Lipinski definition) is 0. The van der Waals surface area contributed by atoms with E-state index < -0.39 is 0 Å². The van der Waals surface area contributed by atoms with E-state index in [1.165, 1.54) is 14.2 Å². The number of nitrogens with zero attached hydrogens (tertiary/aromatic N) is 8. The second-order valence-electron chi connectivity index (χ2n) is 19.8. The summed E-state index contributed by atoms with van der Waals surface area (Å²) in [5.41, 5.74) is 0.0933. The Kier molecular flexibility index (Phi) is 19.5. The maximum atomic E-state index is 7.49. The van der Waals surface area contributed by atoms with Crippen molar-refractivity contribution in [3.63, 3.8) is 0 Å². The summed E-state index contributed by atoms with van der Waals surface area (Å²) >= 11 is 87.2. The van der Waals surface area contributed by atoms with Crippen LogP contribution in [0.25, 0.3) is 89.7 Å². The third kappa shape index (κ3) is 11.2. The van der Waals surface area contributed by atoms with Gasteiger partial charge in [-0.15, -0.1) is 0 Å². The van der Waals surface area contributed by atoms with Crippen LogP contribution in [-0.2, 0) is 19.5 Å². The van der Waals surface area contributed by atoms with Gasteiger partial charge in [0.25, 0.3) is 0 Å². The van der Waals surface area contributed by atoms with Crippen LogP contribution >= 0.6 is 139 Å². The van der Waals surface area contributed by atoms with Crippen molar-refractivity contribution in [3.8, 4) is 85.8 Å². The van der Waals surface area contributed by atoms with Gasteiger partial charge in [-0.1, -0.05) is 187 Å². The Bertz CT molecular complexity index is 4080. The van der Waals surface area contributed by atoms with Crippen molar-refractivity contribution in [1.29, 1.82) is 0 Å². The molecule has 424 valence electrons. The molecule has 0 unspecified atom stereocenters. The summed E-state index contributed by atoms with van der Waals surface area (Å²) in [5, 5.41) is -0.257. The van der Waals surface area contributed by atoms with Crippen LogP contribution in [0.3, 0.4) is 0 Å².